The Morgan fingerprint density at radius 2 is 1.96 bits per heavy atom. The van der Waals surface area contributed by atoms with Gasteiger partial charge in [0.25, 0.3) is 0 Å². The second-order valence-corrected chi connectivity index (χ2v) is 5.04. The Morgan fingerprint density at radius 1 is 1.22 bits per heavy atom. The van der Waals surface area contributed by atoms with Gasteiger partial charge in [-0.3, -0.25) is 4.79 Å². The van der Waals surface area contributed by atoms with Gasteiger partial charge in [0.1, 0.15) is 5.76 Å². The molecule has 1 aromatic carbocycles. The van der Waals surface area contributed by atoms with E-state index in [9.17, 15) is 18.0 Å². The number of hydrogen-bond donors (Lipinski definition) is 2. The predicted octanol–water partition coefficient (Wildman–Crippen LogP) is 3.46. The lowest BCUT2D eigenvalue weighted by Crippen LogP contribution is -2.39. The van der Waals surface area contributed by atoms with Crippen LogP contribution in [0.4, 0.5) is 18.9 Å². The molecule has 0 aliphatic heterocycles. The molecule has 2 aromatic rings. The molecule has 1 unspecified atom stereocenters. The number of hydrogen-bond acceptors (Lipinski definition) is 3. The third kappa shape index (κ3) is 4.85. The van der Waals surface area contributed by atoms with Gasteiger partial charge in [-0.2, -0.15) is 13.2 Å². The Kier molecular flexibility index (Phi) is 5.44. The maximum atomic E-state index is 12.9. The normalized spacial score (nSPS) is 12.9. The van der Waals surface area contributed by atoms with E-state index < -0.39 is 23.7 Å². The van der Waals surface area contributed by atoms with Crippen LogP contribution < -0.4 is 10.6 Å². The molecule has 0 fully saturated rings. The number of rotatable bonds is 6. The number of carbonyl (C=O) groups is 1. The van der Waals surface area contributed by atoms with E-state index in [0.29, 0.717) is 13.0 Å². The van der Waals surface area contributed by atoms with Gasteiger partial charge in [0.2, 0.25) is 5.91 Å². The number of furan rings is 1. The van der Waals surface area contributed by atoms with Crippen molar-refractivity contribution in [1.82, 2.24) is 5.32 Å². The topological polar surface area (TPSA) is 54.3 Å². The number of halogens is 3. The molecule has 0 aliphatic carbocycles. The SMILES string of the molecule is CC(NCCc1ccco1)C(=O)Nc1ccccc1C(F)(F)F. The molecule has 1 amide bonds. The lowest BCUT2D eigenvalue weighted by atomic mass is 10.1. The first-order chi connectivity index (χ1) is 10.9. The number of para-hydroxylation sites is 1. The first kappa shape index (κ1) is 17.1. The maximum Gasteiger partial charge on any atom is 0.418 e. The van der Waals surface area contributed by atoms with E-state index >= 15 is 0 Å². The summed E-state index contributed by atoms with van der Waals surface area (Å²) in [4.78, 5) is 12.0. The summed E-state index contributed by atoms with van der Waals surface area (Å²) in [7, 11) is 0. The van der Waals surface area contributed by atoms with Crippen LogP contribution in [0.3, 0.4) is 0 Å². The molecule has 1 aromatic heterocycles. The van der Waals surface area contributed by atoms with Crippen molar-refractivity contribution in [2.45, 2.75) is 25.6 Å². The summed E-state index contributed by atoms with van der Waals surface area (Å²) in [5.41, 5.74) is -1.11. The standard InChI is InChI=1S/C16H17F3N2O2/c1-11(20-9-8-12-5-4-10-23-12)15(22)21-14-7-3-2-6-13(14)16(17,18)19/h2-7,10-11,20H,8-9H2,1H3,(H,21,22). The first-order valence-electron chi connectivity index (χ1n) is 7.11. The predicted molar refractivity (Wildman–Crippen MR) is 80.0 cm³/mol. The minimum Gasteiger partial charge on any atom is -0.469 e. The van der Waals surface area contributed by atoms with Crippen LogP contribution in [-0.2, 0) is 17.4 Å². The van der Waals surface area contributed by atoms with Crippen molar-refractivity contribution < 1.29 is 22.4 Å². The second-order valence-electron chi connectivity index (χ2n) is 5.04. The number of amides is 1. The van der Waals surface area contributed by atoms with E-state index in [0.717, 1.165) is 11.8 Å². The van der Waals surface area contributed by atoms with Crippen LogP contribution in [0.15, 0.2) is 47.1 Å². The average Bonchev–Trinajstić information content (AvgIpc) is 3.00. The first-order valence-corrected chi connectivity index (χ1v) is 7.11. The summed E-state index contributed by atoms with van der Waals surface area (Å²) in [6, 6.07) is 7.83. The lowest BCUT2D eigenvalue weighted by Gasteiger charge is -2.17. The van der Waals surface area contributed by atoms with Gasteiger partial charge in [-0.1, -0.05) is 12.1 Å². The molecule has 0 saturated heterocycles. The van der Waals surface area contributed by atoms with Crippen molar-refractivity contribution in [3.8, 4) is 0 Å². The summed E-state index contributed by atoms with van der Waals surface area (Å²) in [6.45, 7) is 2.07. The van der Waals surface area contributed by atoms with E-state index in [1.807, 2.05) is 6.07 Å². The molecule has 7 heteroatoms. The summed E-state index contributed by atoms with van der Waals surface area (Å²) in [6.07, 6.45) is -2.37. The van der Waals surface area contributed by atoms with Gasteiger partial charge in [-0.15, -0.1) is 0 Å². The van der Waals surface area contributed by atoms with Gasteiger partial charge in [0.15, 0.2) is 0 Å². The Bertz CT molecular complexity index is 639. The molecule has 0 aliphatic rings. The summed E-state index contributed by atoms with van der Waals surface area (Å²) < 4.78 is 43.8. The Labute approximate surface area is 131 Å². The molecule has 124 valence electrons. The zero-order valence-electron chi connectivity index (χ0n) is 12.5. The molecule has 4 nitrogen and oxygen atoms in total. The van der Waals surface area contributed by atoms with E-state index in [-0.39, 0.29) is 5.69 Å². The number of benzene rings is 1. The number of alkyl halides is 3. The van der Waals surface area contributed by atoms with Gasteiger partial charge in [-0.05, 0) is 31.2 Å². The van der Waals surface area contributed by atoms with Crippen LogP contribution in [-0.4, -0.2) is 18.5 Å². The molecular weight excluding hydrogens is 309 g/mol. The van der Waals surface area contributed by atoms with Crippen LogP contribution in [0.25, 0.3) is 0 Å². The fraction of sp³-hybridized carbons (Fsp3) is 0.312. The number of anilines is 1. The summed E-state index contributed by atoms with van der Waals surface area (Å²) in [5, 5.41) is 5.26. The van der Waals surface area contributed by atoms with Crippen LogP contribution in [0.5, 0.6) is 0 Å². The average molecular weight is 326 g/mol. The fourth-order valence-corrected chi connectivity index (χ4v) is 2.04. The number of nitrogens with one attached hydrogen (secondary N) is 2. The third-order valence-electron chi connectivity index (χ3n) is 3.29. The van der Waals surface area contributed by atoms with Crippen LogP contribution in [0.1, 0.15) is 18.2 Å². The smallest absolute Gasteiger partial charge is 0.418 e. The number of carbonyl (C=O) groups excluding carboxylic acids is 1. The summed E-state index contributed by atoms with van der Waals surface area (Å²) in [5.74, 6) is 0.244. The van der Waals surface area contributed by atoms with Crippen molar-refractivity contribution in [2.24, 2.45) is 0 Å². The highest BCUT2D eigenvalue weighted by Crippen LogP contribution is 2.34. The minimum absolute atomic E-state index is 0.246. The molecule has 0 saturated carbocycles. The highest BCUT2D eigenvalue weighted by atomic mass is 19.4. The molecule has 0 bridgehead atoms. The van der Waals surface area contributed by atoms with Crippen molar-refractivity contribution in [3.05, 3.63) is 54.0 Å². The van der Waals surface area contributed by atoms with Crippen molar-refractivity contribution in [2.75, 3.05) is 11.9 Å². The Hall–Kier alpha value is -2.28. The fourth-order valence-electron chi connectivity index (χ4n) is 2.04. The van der Waals surface area contributed by atoms with Crippen LogP contribution in [0.2, 0.25) is 0 Å². The highest BCUT2D eigenvalue weighted by Gasteiger charge is 2.33. The van der Waals surface area contributed by atoms with Gasteiger partial charge in [0.05, 0.1) is 23.6 Å². The molecule has 23 heavy (non-hydrogen) atoms. The molecule has 2 rings (SSSR count). The molecular formula is C16H17F3N2O2. The van der Waals surface area contributed by atoms with E-state index in [1.165, 1.54) is 18.2 Å². The van der Waals surface area contributed by atoms with Gasteiger partial charge < -0.3 is 15.1 Å². The van der Waals surface area contributed by atoms with Gasteiger partial charge in [-0.25, -0.2) is 0 Å². The summed E-state index contributed by atoms with van der Waals surface area (Å²) >= 11 is 0. The zero-order valence-corrected chi connectivity index (χ0v) is 12.5. The highest BCUT2D eigenvalue weighted by molar-refractivity contribution is 5.95. The monoisotopic (exact) mass is 326 g/mol. The molecule has 1 heterocycles. The van der Waals surface area contributed by atoms with E-state index in [4.69, 9.17) is 4.42 Å². The Balaban J connectivity index is 1.91. The molecule has 1 atom stereocenters. The van der Waals surface area contributed by atoms with E-state index in [1.54, 1.807) is 19.3 Å². The van der Waals surface area contributed by atoms with E-state index in [2.05, 4.69) is 10.6 Å². The second kappa shape index (κ2) is 7.32. The quantitative estimate of drug-likeness (QED) is 0.855. The molecule has 0 radical (unpaired) electrons. The van der Waals surface area contributed by atoms with Crippen molar-refractivity contribution in [1.29, 1.82) is 0 Å². The molecule has 0 spiro atoms. The van der Waals surface area contributed by atoms with Gasteiger partial charge in [0, 0.05) is 13.0 Å². The van der Waals surface area contributed by atoms with Crippen LogP contribution >= 0.6 is 0 Å². The third-order valence-corrected chi connectivity index (χ3v) is 3.29. The molecule has 2 N–H and O–H groups in total. The lowest BCUT2D eigenvalue weighted by molar-refractivity contribution is -0.137. The largest absolute Gasteiger partial charge is 0.469 e. The zero-order chi connectivity index (χ0) is 16.9. The van der Waals surface area contributed by atoms with Crippen molar-refractivity contribution in [3.63, 3.8) is 0 Å². The maximum absolute atomic E-state index is 12.9. The Morgan fingerprint density at radius 3 is 2.61 bits per heavy atom. The van der Waals surface area contributed by atoms with Crippen LogP contribution in [0, 0.1) is 0 Å². The van der Waals surface area contributed by atoms with Gasteiger partial charge >= 0.3 is 6.18 Å². The van der Waals surface area contributed by atoms with Crippen molar-refractivity contribution >= 4 is 11.6 Å². The minimum atomic E-state index is -4.51.